The predicted octanol–water partition coefficient (Wildman–Crippen LogP) is 11.9. The molecule has 6 nitrogen and oxygen atoms in total. The Labute approximate surface area is 297 Å². The highest BCUT2D eigenvalue weighted by Crippen LogP contribution is 2.40. The van der Waals surface area contributed by atoms with Crippen molar-refractivity contribution in [3.05, 3.63) is 146 Å². The molecule has 0 aliphatic carbocycles. The number of benzene rings is 7. The number of hydrogen-bond acceptors (Lipinski definition) is 4. The fourth-order valence-corrected chi connectivity index (χ4v) is 7.86. The molecular formula is C46H30N4O2. The molecule has 0 saturated carbocycles. The number of nitrogens with zero attached hydrogens (tertiary/aromatic N) is 4. The molecule has 11 rings (SSSR count). The van der Waals surface area contributed by atoms with Crippen LogP contribution in [0.2, 0.25) is 0 Å². The van der Waals surface area contributed by atoms with Gasteiger partial charge in [0.05, 0.1) is 22.1 Å². The van der Waals surface area contributed by atoms with Crippen molar-refractivity contribution in [2.45, 2.75) is 0 Å². The van der Waals surface area contributed by atoms with Crippen LogP contribution >= 0.6 is 0 Å². The van der Waals surface area contributed by atoms with E-state index in [1.165, 1.54) is 0 Å². The second-order valence-electron chi connectivity index (χ2n) is 13.6. The van der Waals surface area contributed by atoms with E-state index in [1.54, 1.807) is 0 Å². The molecule has 4 heterocycles. The average Bonchev–Trinajstić information content (AvgIpc) is 3.93. The summed E-state index contributed by atoms with van der Waals surface area (Å²) in [7, 11) is 4.15. The maximum Gasteiger partial charge on any atom is 0.140 e. The van der Waals surface area contributed by atoms with Crippen LogP contribution in [0.25, 0.3) is 111 Å². The Balaban J connectivity index is 1.00. The number of aromatic nitrogens is 4. The fourth-order valence-electron chi connectivity index (χ4n) is 7.86. The Morgan fingerprint density at radius 3 is 1.23 bits per heavy atom. The SMILES string of the molecule is Cn1c(-c2ccccc2)nc2cc(-c3ccc4oc5cc6oc7ccc(-c8ccc9c(c8)nc(-c8ccccc8)n9C)cc7c6cc5c4c3)ccc21. The zero-order chi connectivity index (χ0) is 34.5. The van der Waals surface area contributed by atoms with Crippen LogP contribution in [0.4, 0.5) is 0 Å². The number of hydrogen-bond donors (Lipinski definition) is 0. The Kier molecular flexibility index (Phi) is 5.99. The molecule has 0 spiro atoms. The van der Waals surface area contributed by atoms with E-state index in [4.69, 9.17) is 18.8 Å². The molecule has 52 heavy (non-hydrogen) atoms. The van der Waals surface area contributed by atoms with Gasteiger partial charge < -0.3 is 18.0 Å². The molecule has 0 unspecified atom stereocenters. The quantitative estimate of drug-likeness (QED) is 0.187. The van der Waals surface area contributed by atoms with Gasteiger partial charge >= 0.3 is 0 Å². The van der Waals surface area contributed by atoms with Gasteiger partial charge in [-0.25, -0.2) is 9.97 Å². The summed E-state index contributed by atoms with van der Waals surface area (Å²) in [4.78, 5) is 10.0. The van der Waals surface area contributed by atoms with Crippen LogP contribution in [-0.2, 0) is 14.1 Å². The van der Waals surface area contributed by atoms with Crippen LogP contribution in [0.5, 0.6) is 0 Å². The number of rotatable bonds is 4. The number of fused-ring (bicyclic) bond motifs is 8. The summed E-state index contributed by atoms with van der Waals surface area (Å²) >= 11 is 0. The first-order chi connectivity index (χ1) is 25.6. The highest BCUT2D eigenvalue weighted by atomic mass is 16.3. The zero-order valence-corrected chi connectivity index (χ0v) is 28.5. The largest absolute Gasteiger partial charge is 0.456 e. The van der Waals surface area contributed by atoms with E-state index < -0.39 is 0 Å². The lowest BCUT2D eigenvalue weighted by molar-refractivity contribution is 0.656. The van der Waals surface area contributed by atoms with E-state index in [1.807, 2.05) is 42.5 Å². The summed E-state index contributed by atoms with van der Waals surface area (Å²) in [6.45, 7) is 0. The van der Waals surface area contributed by atoms with Gasteiger partial charge in [0, 0.05) is 52.8 Å². The van der Waals surface area contributed by atoms with Gasteiger partial charge in [0.2, 0.25) is 0 Å². The van der Waals surface area contributed by atoms with Crippen molar-refractivity contribution in [3.8, 4) is 45.0 Å². The minimum absolute atomic E-state index is 0.807. The van der Waals surface area contributed by atoms with Crippen molar-refractivity contribution in [2.24, 2.45) is 14.1 Å². The maximum atomic E-state index is 6.38. The second-order valence-corrected chi connectivity index (χ2v) is 13.6. The molecule has 0 bridgehead atoms. The molecule has 246 valence electrons. The molecule has 0 atom stereocenters. The van der Waals surface area contributed by atoms with Gasteiger partial charge in [-0.1, -0.05) is 84.9 Å². The molecule has 0 N–H and O–H groups in total. The molecule has 4 aromatic heterocycles. The van der Waals surface area contributed by atoms with Crippen LogP contribution in [0.3, 0.4) is 0 Å². The topological polar surface area (TPSA) is 61.9 Å². The maximum absolute atomic E-state index is 6.38. The summed E-state index contributed by atoms with van der Waals surface area (Å²) < 4.78 is 17.1. The van der Waals surface area contributed by atoms with E-state index in [0.717, 1.165) is 111 Å². The number of aryl methyl sites for hydroxylation is 2. The third kappa shape index (κ3) is 4.31. The van der Waals surface area contributed by atoms with Crippen LogP contribution in [-0.4, -0.2) is 19.1 Å². The van der Waals surface area contributed by atoms with Crippen molar-refractivity contribution in [2.75, 3.05) is 0 Å². The van der Waals surface area contributed by atoms with E-state index in [9.17, 15) is 0 Å². The lowest BCUT2D eigenvalue weighted by Crippen LogP contribution is -1.91. The van der Waals surface area contributed by atoms with Crippen molar-refractivity contribution in [1.29, 1.82) is 0 Å². The predicted molar refractivity (Wildman–Crippen MR) is 211 cm³/mol. The summed E-state index contributed by atoms with van der Waals surface area (Å²) in [5, 5.41) is 4.26. The molecule has 0 radical (unpaired) electrons. The van der Waals surface area contributed by atoms with E-state index >= 15 is 0 Å². The van der Waals surface area contributed by atoms with Gasteiger partial charge in [0.15, 0.2) is 0 Å². The molecular weight excluding hydrogens is 641 g/mol. The molecule has 0 amide bonds. The van der Waals surface area contributed by atoms with Gasteiger partial charge in [-0.2, -0.15) is 0 Å². The van der Waals surface area contributed by atoms with E-state index in [-0.39, 0.29) is 0 Å². The molecule has 0 aliphatic rings. The first-order valence-electron chi connectivity index (χ1n) is 17.4. The summed E-state index contributed by atoms with van der Waals surface area (Å²) in [6, 6.07) is 50.8. The van der Waals surface area contributed by atoms with Gasteiger partial charge in [0.1, 0.15) is 34.0 Å². The molecule has 6 heteroatoms. The van der Waals surface area contributed by atoms with Crippen molar-refractivity contribution >= 4 is 65.9 Å². The minimum Gasteiger partial charge on any atom is -0.456 e. The van der Waals surface area contributed by atoms with Crippen molar-refractivity contribution < 1.29 is 8.83 Å². The highest BCUT2D eigenvalue weighted by Gasteiger charge is 2.17. The second kappa shape index (κ2) is 10.8. The first-order valence-corrected chi connectivity index (χ1v) is 17.4. The molecule has 11 aromatic rings. The zero-order valence-electron chi connectivity index (χ0n) is 28.5. The first kappa shape index (κ1) is 28.9. The Morgan fingerprint density at radius 2 is 0.769 bits per heavy atom. The Bertz CT molecular complexity index is 2990. The van der Waals surface area contributed by atoms with Gasteiger partial charge in [0.25, 0.3) is 0 Å². The fraction of sp³-hybridized carbons (Fsp3) is 0.0435. The van der Waals surface area contributed by atoms with Crippen LogP contribution in [0.15, 0.2) is 154 Å². The summed E-state index contributed by atoms with van der Waals surface area (Å²) in [5.41, 5.74) is 14.1. The van der Waals surface area contributed by atoms with Crippen molar-refractivity contribution in [3.63, 3.8) is 0 Å². The van der Waals surface area contributed by atoms with Gasteiger partial charge in [-0.15, -0.1) is 0 Å². The van der Waals surface area contributed by atoms with Gasteiger partial charge in [-0.05, 0) is 76.9 Å². The average molecular weight is 671 g/mol. The highest BCUT2D eigenvalue weighted by molar-refractivity contribution is 6.16. The summed E-state index contributed by atoms with van der Waals surface area (Å²) in [5.74, 6) is 1.91. The lowest BCUT2D eigenvalue weighted by Gasteiger charge is -2.04. The lowest BCUT2D eigenvalue weighted by atomic mass is 10.0. The van der Waals surface area contributed by atoms with E-state index in [2.05, 4.69) is 126 Å². The van der Waals surface area contributed by atoms with Crippen LogP contribution < -0.4 is 0 Å². The third-order valence-electron chi connectivity index (χ3n) is 10.6. The van der Waals surface area contributed by atoms with Crippen LogP contribution in [0.1, 0.15) is 0 Å². The molecule has 7 aromatic carbocycles. The van der Waals surface area contributed by atoms with Gasteiger partial charge in [-0.3, -0.25) is 0 Å². The number of imidazole rings is 2. The minimum atomic E-state index is 0.807. The monoisotopic (exact) mass is 670 g/mol. The Morgan fingerprint density at radius 1 is 0.365 bits per heavy atom. The third-order valence-corrected chi connectivity index (χ3v) is 10.6. The number of furan rings is 2. The molecule has 0 saturated heterocycles. The van der Waals surface area contributed by atoms with Crippen LogP contribution in [0, 0.1) is 0 Å². The molecule has 0 aliphatic heterocycles. The van der Waals surface area contributed by atoms with Crippen molar-refractivity contribution in [1.82, 2.24) is 19.1 Å². The van der Waals surface area contributed by atoms with E-state index in [0.29, 0.717) is 0 Å². The molecule has 0 fully saturated rings. The standard InChI is InChI=1S/C46H30N4O2/c1-49-39-17-13-31(23-37(39)47-45(49)27-9-5-3-6-10-27)29-15-19-41-33(21-29)35-25-36-34-22-30(16-20-42(34)52-44(36)26-43(35)51-41)32-14-18-40-38(24-32)48-46(50(40)2)28-11-7-4-8-12-28/h3-26H,1-2H3. The summed E-state index contributed by atoms with van der Waals surface area (Å²) in [6.07, 6.45) is 0. The normalized spacial score (nSPS) is 12.0. The smallest absolute Gasteiger partial charge is 0.140 e. The Hall–Kier alpha value is -6.92.